The third kappa shape index (κ3) is 7.10. The molecular weight excluding hydrogens is 306 g/mol. The van der Waals surface area contributed by atoms with Crippen LogP contribution in [0.4, 0.5) is 0 Å². The number of hydrogen-bond donors (Lipinski definition) is 2. The van der Waals surface area contributed by atoms with Crippen LogP contribution < -0.4 is 11.1 Å². The van der Waals surface area contributed by atoms with Crippen molar-refractivity contribution in [2.24, 2.45) is 5.73 Å². The molecule has 7 heteroatoms. The van der Waals surface area contributed by atoms with Crippen molar-refractivity contribution >= 4 is 11.8 Å². The normalized spacial score (nSPS) is 12.8. The molecule has 0 aromatic carbocycles. The van der Waals surface area contributed by atoms with Crippen LogP contribution in [-0.4, -0.2) is 26.8 Å². The minimum absolute atomic E-state index is 0.0183. The lowest BCUT2D eigenvalue weighted by Gasteiger charge is -2.18. The standard InChI is InChI=1S/C17H31N5O2/c1-5-6-7-8-9-10-16(24)19-13(11-15(18)23)14-12-22(21-20-14)17(2,3)4/h12-13H,5-11H2,1-4H3,(H2,18,23)(H,19,24)/t13-/m1/s1. The van der Waals surface area contributed by atoms with Gasteiger partial charge < -0.3 is 11.1 Å². The van der Waals surface area contributed by atoms with E-state index in [0.717, 1.165) is 19.3 Å². The highest BCUT2D eigenvalue weighted by Gasteiger charge is 2.23. The summed E-state index contributed by atoms with van der Waals surface area (Å²) >= 11 is 0. The molecule has 1 atom stereocenters. The van der Waals surface area contributed by atoms with Gasteiger partial charge in [0.2, 0.25) is 11.8 Å². The number of nitrogens with zero attached hydrogens (tertiary/aromatic N) is 3. The van der Waals surface area contributed by atoms with Crippen molar-refractivity contribution in [2.75, 3.05) is 0 Å². The van der Waals surface area contributed by atoms with E-state index in [1.165, 1.54) is 12.8 Å². The Labute approximate surface area is 144 Å². The first kappa shape index (κ1) is 20.1. The van der Waals surface area contributed by atoms with Crippen molar-refractivity contribution in [3.63, 3.8) is 0 Å². The fourth-order valence-electron chi connectivity index (χ4n) is 2.35. The van der Waals surface area contributed by atoms with E-state index in [1.54, 1.807) is 10.9 Å². The largest absolute Gasteiger partial charge is 0.370 e. The molecule has 0 radical (unpaired) electrons. The maximum atomic E-state index is 12.1. The lowest BCUT2D eigenvalue weighted by atomic mass is 10.1. The van der Waals surface area contributed by atoms with Crippen molar-refractivity contribution in [1.29, 1.82) is 0 Å². The van der Waals surface area contributed by atoms with Crippen LogP contribution >= 0.6 is 0 Å². The van der Waals surface area contributed by atoms with Crippen molar-refractivity contribution < 1.29 is 9.59 Å². The number of nitrogens with one attached hydrogen (secondary N) is 1. The highest BCUT2D eigenvalue weighted by Crippen LogP contribution is 2.18. The Bertz CT molecular complexity index is 533. The summed E-state index contributed by atoms with van der Waals surface area (Å²) in [6.45, 7) is 8.17. The highest BCUT2D eigenvalue weighted by molar-refractivity contribution is 5.79. The predicted molar refractivity (Wildman–Crippen MR) is 93.1 cm³/mol. The van der Waals surface area contributed by atoms with E-state index < -0.39 is 11.9 Å². The molecule has 1 aromatic rings. The maximum absolute atomic E-state index is 12.1. The minimum atomic E-state index is -0.526. The Morgan fingerprint density at radius 1 is 1.25 bits per heavy atom. The number of rotatable bonds is 10. The SMILES string of the molecule is CCCCCCCC(=O)N[C@H](CC(N)=O)c1cn(C(C)(C)C)nn1. The Morgan fingerprint density at radius 2 is 1.92 bits per heavy atom. The number of unbranched alkanes of at least 4 members (excludes halogenated alkanes) is 4. The Balaban J connectivity index is 2.64. The second-order valence-corrected chi connectivity index (χ2v) is 7.21. The van der Waals surface area contributed by atoms with Gasteiger partial charge in [0, 0.05) is 6.42 Å². The van der Waals surface area contributed by atoms with Crippen molar-refractivity contribution in [1.82, 2.24) is 20.3 Å². The molecule has 2 amide bonds. The van der Waals surface area contributed by atoms with Gasteiger partial charge in [-0.15, -0.1) is 5.10 Å². The molecule has 0 unspecified atom stereocenters. The third-order valence-corrected chi connectivity index (χ3v) is 3.80. The molecule has 1 aromatic heterocycles. The van der Waals surface area contributed by atoms with Crippen LogP contribution in [-0.2, 0) is 15.1 Å². The average Bonchev–Trinajstić information content (AvgIpc) is 2.95. The topological polar surface area (TPSA) is 103 Å². The molecule has 0 aliphatic carbocycles. The first-order chi connectivity index (χ1) is 11.2. The Kier molecular flexibility index (Phi) is 7.88. The molecule has 0 aliphatic rings. The van der Waals surface area contributed by atoms with Crippen molar-refractivity contribution in [3.8, 4) is 0 Å². The van der Waals surface area contributed by atoms with Gasteiger partial charge in [-0.3, -0.25) is 9.59 Å². The molecule has 136 valence electrons. The number of carbonyl (C=O) groups excluding carboxylic acids is 2. The van der Waals surface area contributed by atoms with Gasteiger partial charge in [-0.1, -0.05) is 37.8 Å². The van der Waals surface area contributed by atoms with E-state index in [0.29, 0.717) is 12.1 Å². The summed E-state index contributed by atoms with van der Waals surface area (Å²) in [5, 5.41) is 11.0. The summed E-state index contributed by atoms with van der Waals surface area (Å²) in [6, 6.07) is -0.526. The summed E-state index contributed by atoms with van der Waals surface area (Å²) in [4.78, 5) is 23.4. The number of carbonyl (C=O) groups is 2. The van der Waals surface area contributed by atoms with Gasteiger partial charge in [0.05, 0.1) is 24.2 Å². The second-order valence-electron chi connectivity index (χ2n) is 7.21. The fraction of sp³-hybridized carbons (Fsp3) is 0.765. The average molecular weight is 337 g/mol. The monoisotopic (exact) mass is 337 g/mol. The van der Waals surface area contributed by atoms with Gasteiger partial charge in [-0.25, -0.2) is 4.68 Å². The van der Waals surface area contributed by atoms with Crippen molar-refractivity contribution in [3.05, 3.63) is 11.9 Å². The summed E-state index contributed by atoms with van der Waals surface area (Å²) in [5.74, 6) is -0.559. The molecule has 0 spiro atoms. The lowest BCUT2D eigenvalue weighted by Crippen LogP contribution is -2.32. The quantitative estimate of drug-likeness (QED) is 0.640. The first-order valence-electron chi connectivity index (χ1n) is 8.74. The van der Waals surface area contributed by atoms with Gasteiger partial charge >= 0.3 is 0 Å². The zero-order valence-corrected chi connectivity index (χ0v) is 15.3. The minimum Gasteiger partial charge on any atom is -0.370 e. The number of nitrogens with two attached hydrogens (primary N) is 1. The van der Waals surface area contributed by atoms with E-state index >= 15 is 0 Å². The molecule has 1 heterocycles. The van der Waals surface area contributed by atoms with Crippen LogP contribution in [0.5, 0.6) is 0 Å². The summed E-state index contributed by atoms with van der Waals surface area (Å²) in [6.07, 6.45) is 7.64. The van der Waals surface area contributed by atoms with Gasteiger partial charge in [-0.2, -0.15) is 0 Å². The molecule has 7 nitrogen and oxygen atoms in total. The summed E-state index contributed by atoms with van der Waals surface area (Å²) in [5.41, 5.74) is 5.65. The number of primary amides is 1. The zero-order chi connectivity index (χ0) is 18.2. The van der Waals surface area contributed by atoms with E-state index in [4.69, 9.17) is 5.73 Å². The van der Waals surface area contributed by atoms with Crippen LogP contribution in [0.3, 0.4) is 0 Å². The molecule has 1 rings (SSSR count). The molecule has 0 fully saturated rings. The number of hydrogen-bond acceptors (Lipinski definition) is 4. The van der Waals surface area contributed by atoms with E-state index in [1.807, 2.05) is 20.8 Å². The van der Waals surface area contributed by atoms with E-state index in [-0.39, 0.29) is 17.9 Å². The van der Waals surface area contributed by atoms with E-state index in [9.17, 15) is 9.59 Å². The number of aromatic nitrogens is 3. The van der Waals surface area contributed by atoms with Gasteiger partial charge in [0.15, 0.2) is 0 Å². The maximum Gasteiger partial charge on any atom is 0.220 e. The van der Waals surface area contributed by atoms with Crippen LogP contribution in [0.1, 0.15) is 84.4 Å². The molecule has 0 saturated carbocycles. The molecule has 0 bridgehead atoms. The molecule has 0 saturated heterocycles. The van der Waals surface area contributed by atoms with Crippen molar-refractivity contribution in [2.45, 2.75) is 84.2 Å². The van der Waals surface area contributed by atoms with Gasteiger partial charge in [-0.05, 0) is 27.2 Å². The molecule has 24 heavy (non-hydrogen) atoms. The molecular formula is C17H31N5O2. The van der Waals surface area contributed by atoms with Crippen LogP contribution in [0.2, 0.25) is 0 Å². The van der Waals surface area contributed by atoms with Crippen LogP contribution in [0, 0.1) is 0 Å². The smallest absolute Gasteiger partial charge is 0.220 e. The lowest BCUT2D eigenvalue weighted by molar-refractivity contribution is -0.122. The number of amides is 2. The van der Waals surface area contributed by atoms with E-state index in [2.05, 4.69) is 22.6 Å². The predicted octanol–water partition coefficient (Wildman–Crippen LogP) is 2.43. The zero-order valence-electron chi connectivity index (χ0n) is 15.3. The first-order valence-corrected chi connectivity index (χ1v) is 8.74. The summed E-state index contributed by atoms with van der Waals surface area (Å²) in [7, 11) is 0. The molecule has 0 aliphatic heterocycles. The highest BCUT2D eigenvalue weighted by atomic mass is 16.2. The Hall–Kier alpha value is -1.92. The third-order valence-electron chi connectivity index (χ3n) is 3.80. The van der Waals surface area contributed by atoms with Crippen LogP contribution in [0.25, 0.3) is 0 Å². The molecule has 3 N–H and O–H groups in total. The Morgan fingerprint density at radius 3 is 2.46 bits per heavy atom. The van der Waals surface area contributed by atoms with Gasteiger partial charge in [0.25, 0.3) is 0 Å². The fourth-order valence-corrected chi connectivity index (χ4v) is 2.35. The second kappa shape index (κ2) is 9.39. The van der Waals surface area contributed by atoms with Gasteiger partial charge in [0.1, 0.15) is 5.69 Å². The van der Waals surface area contributed by atoms with Crippen LogP contribution in [0.15, 0.2) is 6.20 Å². The summed E-state index contributed by atoms with van der Waals surface area (Å²) < 4.78 is 1.72.